The average molecular weight is 392 g/mol. The molecule has 0 spiro atoms. The minimum atomic E-state index is -0.157. The SMILES string of the molecule is COC(=O)C1CCCN1Cc1cccc(OCc2coc(-c3ccccc3)n2)c1. The quantitative estimate of drug-likeness (QED) is 0.565. The maximum absolute atomic E-state index is 11.9. The summed E-state index contributed by atoms with van der Waals surface area (Å²) >= 11 is 0. The summed E-state index contributed by atoms with van der Waals surface area (Å²) in [5.41, 5.74) is 2.77. The van der Waals surface area contributed by atoms with E-state index in [0.29, 0.717) is 19.0 Å². The fourth-order valence-corrected chi connectivity index (χ4v) is 3.63. The standard InChI is InChI=1S/C23H24N2O4/c1-27-23(26)21-11-6-12-25(21)14-17-7-5-10-20(13-17)28-15-19-16-29-22(24-19)18-8-3-2-4-9-18/h2-5,7-10,13,16,21H,6,11-12,14-15H2,1H3. The smallest absolute Gasteiger partial charge is 0.323 e. The Morgan fingerprint density at radius 3 is 2.90 bits per heavy atom. The van der Waals surface area contributed by atoms with Crippen LogP contribution >= 0.6 is 0 Å². The number of nitrogens with zero attached hydrogens (tertiary/aromatic N) is 2. The Kier molecular flexibility index (Phi) is 5.91. The van der Waals surface area contributed by atoms with Gasteiger partial charge in [0.15, 0.2) is 0 Å². The zero-order chi connectivity index (χ0) is 20.1. The van der Waals surface area contributed by atoms with Crippen molar-refractivity contribution in [3.05, 3.63) is 72.1 Å². The second-order valence-corrected chi connectivity index (χ2v) is 7.10. The maximum Gasteiger partial charge on any atom is 0.323 e. The number of carbonyl (C=O) groups excluding carboxylic acids is 1. The third-order valence-electron chi connectivity index (χ3n) is 5.08. The lowest BCUT2D eigenvalue weighted by Crippen LogP contribution is -2.36. The van der Waals surface area contributed by atoms with Crippen LogP contribution in [-0.4, -0.2) is 35.5 Å². The molecule has 1 aromatic heterocycles. The molecule has 29 heavy (non-hydrogen) atoms. The van der Waals surface area contributed by atoms with Crippen LogP contribution in [0.3, 0.4) is 0 Å². The van der Waals surface area contributed by atoms with Crippen LogP contribution < -0.4 is 4.74 Å². The van der Waals surface area contributed by atoms with Crippen LogP contribution in [0.2, 0.25) is 0 Å². The summed E-state index contributed by atoms with van der Waals surface area (Å²) in [6, 6.07) is 17.6. The second-order valence-electron chi connectivity index (χ2n) is 7.10. The molecule has 150 valence electrons. The van der Waals surface area contributed by atoms with Gasteiger partial charge in [0.25, 0.3) is 0 Å². The first-order valence-electron chi connectivity index (χ1n) is 9.76. The van der Waals surface area contributed by atoms with Crippen LogP contribution in [0.4, 0.5) is 0 Å². The van der Waals surface area contributed by atoms with Crippen molar-refractivity contribution in [3.8, 4) is 17.2 Å². The van der Waals surface area contributed by atoms with Gasteiger partial charge in [0.05, 0.1) is 7.11 Å². The summed E-state index contributed by atoms with van der Waals surface area (Å²) in [6.45, 7) is 1.92. The molecule has 1 unspecified atom stereocenters. The summed E-state index contributed by atoms with van der Waals surface area (Å²) < 4.78 is 16.4. The second kappa shape index (κ2) is 8.92. The summed E-state index contributed by atoms with van der Waals surface area (Å²) in [6.07, 6.45) is 3.47. The fourth-order valence-electron chi connectivity index (χ4n) is 3.63. The van der Waals surface area contributed by atoms with Gasteiger partial charge < -0.3 is 13.9 Å². The Morgan fingerprint density at radius 2 is 2.07 bits per heavy atom. The van der Waals surface area contributed by atoms with E-state index in [1.807, 2.05) is 54.6 Å². The van der Waals surface area contributed by atoms with E-state index in [1.54, 1.807) is 6.26 Å². The third-order valence-corrected chi connectivity index (χ3v) is 5.08. The Balaban J connectivity index is 1.37. The monoisotopic (exact) mass is 392 g/mol. The van der Waals surface area contributed by atoms with E-state index in [1.165, 1.54) is 7.11 Å². The minimum absolute atomic E-state index is 0.156. The molecule has 0 amide bonds. The van der Waals surface area contributed by atoms with Gasteiger partial charge in [-0.3, -0.25) is 9.69 Å². The summed E-state index contributed by atoms with van der Waals surface area (Å²) in [5.74, 6) is 1.19. The van der Waals surface area contributed by atoms with E-state index in [0.717, 1.165) is 42.0 Å². The Hall–Kier alpha value is -3.12. The zero-order valence-corrected chi connectivity index (χ0v) is 16.4. The molecule has 1 atom stereocenters. The van der Waals surface area contributed by atoms with Crippen molar-refractivity contribution in [1.82, 2.24) is 9.88 Å². The molecule has 0 saturated carbocycles. The van der Waals surface area contributed by atoms with Crippen molar-refractivity contribution in [3.63, 3.8) is 0 Å². The molecule has 0 bridgehead atoms. The highest BCUT2D eigenvalue weighted by molar-refractivity contribution is 5.76. The molecule has 6 heteroatoms. The predicted molar refractivity (Wildman–Crippen MR) is 108 cm³/mol. The first-order chi connectivity index (χ1) is 14.2. The highest BCUT2D eigenvalue weighted by atomic mass is 16.5. The number of methoxy groups -OCH3 is 1. The first-order valence-corrected chi connectivity index (χ1v) is 9.76. The van der Waals surface area contributed by atoms with Crippen LogP contribution in [0, 0.1) is 0 Å². The number of hydrogen-bond acceptors (Lipinski definition) is 6. The summed E-state index contributed by atoms with van der Waals surface area (Å²) in [7, 11) is 1.44. The van der Waals surface area contributed by atoms with Crippen molar-refractivity contribution in [2.24, 2.45) is 0 Å². The number of aromatic nitrogens is 1. The zero-order valence-electron chi connectivity index (χ0n) is 16.4. The van der Waals surface area contributed by atoms with Crippen molar-refractivity contribution in [2.45, 2.75) is 32.0 Å². The first kappa shape index (κ1) is 19.2. The number of carbonyl (C=O) groups is 1. The molecule has 2 aromatic carbocycles. The van der Waals surface area contributed by atoms with Crippen molar-refractivity contribution >= 4 is 5.97 Å². The van der Waals surface area contributed by atoms with Crippen LogP contribution in [0.15, 0.2) is 65.3 Å². The van der Waals surface area contributed by atoms with E-state index in [2.05, 4.69) is 9.88 Å². The molecule has 1 fully saturated rings. The molecule has 1 aliphatic heterocycles. The van der Waals surface area contributed by atoms with Crippen LogP contribution in [-0.2, 0) is 22.7 Å². The molecular weight excluding hydrogens is 368 g/mol. The number of ether oxygens (including phenoxy) is 2. The largest absolute Gasteiger partial charge is 0.487 e. The molecule has 1 aliphatic rings. The summed E-state index contributed by atoms with van der Waals surface area (Å²) in [4.78, 5) is 18.6. The van der Waals surface area contributed by atoms with Crippen LogP contribution in [0.1, 0.15) is 24.1 Å². The lowest BCUT2D eigenvalue weighted by atomic mass is 10.1. The lowest BCUT2D eigenvalue weighted by molar-refractivity contribution is -0.146. The minimum Gasteiger partial charge on any atom is -0.487 e. The van der Waals surface area contributed by atoms with Crippen LogP contribution in [0.25, 0.3) is 11.5 Å². The average Bonchev–Trinajstić information content (AvgIpc) is 3.42. The van der Waals surface area contributed by atoms with Gasteiger partial charge in [-0.25, -0.2) is 4.98 Å². The van der Waals surface area contributed by atoms with Crippen molar-refractivity contribution in [2.75, 3.05) is 13.7 Å². The Bertz CT molecular complexity index is 954. The fraction of sp³-hybridized carbons (Fsp3) is 0.304. The van der Waals surface area contributed by atoms with Crippen molar-refractivity contribution < 1.29 is 18.7 Å². The predicted octanol–water partition coefficient (Wildman–Crippen LogP) is 4.06. The Morgan fingerprint density at radius 1 is 1.21 bits per heavy atom. The number of oxazole rings is 1. The molecule has 4 rings (SSSR count). The summed E-state index contributed by atoms with van der Waals surface area (Å²) in [5, 5.41) is 0. The number of hydrogen-bond donors (Lipinski definition) is 0. The van der Waals surface area contributed by atoms with Gasteiger partial charge in [-0.05, 0) is 49.2 Å². The molecule has 1 saturated heterocycles. The van der Waals surface area contributed by atoms with Gasteiger partial charge in [0, 0.05) is 12.1 Å². The van der Waals surface area contributed by atoms with Gasteiger partial charge in [-0.15, -0.1) is 0 Å². The van der Waals surface area contributed by atoms with Gasteiger partial charge in [0.2, 0.25) is 5.89 Å². The number of likely N-dealkylation sites (tertiary alicyclic amines) is 1. The van der Waals surface area contributed by atoms with E-state index >= 15 is 0 Å². The normalized spacial score (nSPS) is 16.7. The molecule has 0 aliphatic carbocycles. The van der Waals surface area contributed by atoms with Crippen molar-refractivity contribution in [1.29, 1.82) is 0 Å². The molecule has 2 heterocycles. The Labute approximate surface area is 170 Å². The number of benzene rings is 2. The van der Waals surface area contributed by atoms with Gasteiger partial charge in [-0.2, -0.15) is 0 Å². The topological polar surface area (TPSA) is 64.8 Å². The molecule has 0 N–H and O–H groups in total. The highest BCUT2D eigenvalue weighted by Crippen LogP contribution is 2.24. The highest BCUT2D eigenvalue weighted by Gasteiger charge is 2.31. The van der Waals surface area contributed by atoms with Crippen LogP contribution in [0.5, 0.6) is 5.75 Å². The molecular formula is C23H24N2O4. The van der Waals surface area contributed by atoms with Gasteiger partial charge in [0.1, 0.15) is 30.4 Å². The number of esters is 1. The van der Waals surface area contributed by atoms with E-state index in [9.17, 15) is 4.79 Å². The lowest BCUT2D eigenvalue weighted by Gasteiger charge is -2.22. The molecule has 0 radical (unpaired) electrons. The molecule has 3 aromatic rings. The molecule has 6 nitrogen and oxygen atoms in total. The van der Waals surface area contributed by atoms with Gasteiger partial charge in [-0.1, -0.05) is 30.3 Å². The van der Waals surface area contributed by atoms with Gasteiger partial charge >= 0.3 is 5.97 Å². The maximum atomic E-state index is 11.9. The van der Waals surface area contributed by atoms with E-state index < -0.39 is 0 Å². The number of rotatable bonds is 7. The van der Waals surface area contributed by atoms with E-state index in [4.69, 9.17) is 13.9 Å². The van der Waals surface area contributed by atoms with E-state index in [-0.39, 0.29) is 12.0 Å². The third kappa shape index (κ3) is 4.66.